The van der Waals surface area contributed by atoms with Gasteiger partial charge in [0.2, 0.25) is 0 Å². The van der Waals surface area contributed by atoms with Crippen LogP contribution in [0.15, 0.2) is 0 Å². The van der Waals surface area contributed by atoms with Crippen LogP contribution < -0.4 is 5.32 Å². The first kappa shape index (κ1) is 61.5. The summed E-state index contributed by atoms with van der Waals surface area (Å²) in [6.07, 6.45) is -0.0998. The number of nitrogens with one attached hydrogen (secondary N) is 1. The Kier molecular flexibility index (Phi) is 32.5. The molecule has 5 unspecified atom stereocenters. The molecule has 0 aromatic heterocycles. The molecule has 1 rings (SSSR count). The fourth-order valence-corrected chi connectivity index (χ4v) is 7.52. The van der Waals surface area contributed by atoms with Gasteiger partial charge in [0, 0.05) is 23.7 Å². The van der Waals surface area contributed by atoms with Gasteiger partial charge >= 0.3 is 0 Å². The molecular formula is C56H69NO11Si. The molecule has 1 heterocycles. The van der Waals surface area contributed by atoms with Crippen LogP contribution in [0.25, 0.3) is 0 Å². The Hall–Kier alpha value is -5.55. The van der Waals surface area contributed by atoms with Gasteiger partial charge in [-0.25, -0.2) is 0 Å². The fourth-order valence-electron chi connectivity index (χ4n) is 6.15. The van der Waals surface area contributed by atoms with E-state index in [1.165, 1.54) is 44.9 Å². The summed E-state index contributed by atoms with van der Waals surface area (Å²) >= 11 is 0. The van der Waals surface area contributed by atoms with Crippen molar-refractivity contribution in [3.63, 3.8) is 0 Å². The van der Waals surface area contributed by atoms with E-state index >= 15 is 0 Å². The number of hydrogen-bond donors (Lipinski definition) is 8. The minimum Gasteiger partial charge on any atom is -0.411 e. The van der Waals surface area contributed by atoms with E-state index in [0.717, 1.165) is 32.1 Å². The molecule has 0 bridgehead atoms. The zero-order valence-corrected chi connectivity index (χ0v) is 42.1. The molecule has 69 heavy (non-hydrogen) atoms. The molecule has 1 amide bonds. The highest BCUT2D eigenvalue weighted by molar-refractivity contribution is 6.74. The Balaban J connectivity index is 3.13. The van der Waals surface area contributed by atoms with Crippen LogP contribution >= 0.6 is 0 Å². The van der Waals surface area contributed by atoms with E-state index in [0.29, 0.717) is 6.42 Å². The third-order valence-electron chi connectivity index (χ3n) is 11.1. The van der Waals surface area contributed by atoms with Gasteiger partial charge in [0.1, 0.15) is 30.5 Å². The molecule has 13 heteroatoms. The topological polar surface area (TPSA) is 198 Å². The average molecular weight is 960 g/mol. The Morgan fingerprint density at radius 3 is 1.48 bits per heavy atom. The van der Waals surface area contributed by atoms with Crippen LogP contribution in [-0.2, 0) is 18.7 Å². The summed E-state index contributed by atoms with van der Waals surface area (Å²) in [4.78, 5) is 13.5. The lowest BCUT2D eigenvalue weighted by molar-refractivity contribution is -0.303. The smallest absolute Gasteiger partial charge is 0.253 e. The summed E-state index contributed by atoms with van der Waals surface area (Å²) < 4.78 is 18.1. The van der Waals surface area contributed by atoms with Gasteiger partial charge in [-0.15, -0.1) is 0 Å². The first-order valence-corrected chi connectivity index (χ1v) is 26.3. The second-order valence-electron chi connectivity index (χ2n) is 17.5. The van der Waals surface area contributed by atoms with Crippen molar-refractivity contribution in [1.29, 1.82) is 0 Å². The van der Waals surface area contributed by atoms with E-state index in [9.17, 15) is 40.5 Å². The number of rotatable bonds is 24. The zero-order valence-electron chi connectivity index (χ0n) is 41.1. The third-order valence-corrected chi connectivity index (χ3v) is 15.6. The van der Waals surface area contributed by atoms with Gasteiger partial charge in [-0.1, -0.05) is 117 Å². The predicted molar refractivity (Wildman–Crippen MR) is 269 cm³/mol. The van der Waals surface area contributed by atoms with Gasteiger partial charge in [-0.05, 0) is 126 Å². The van der Waals surface area contributed by atoms with Gasteiger partial charge in [-0.3, -0.25) is 4.79 Å². The highest BCUT2D eigenvalue weighted by Crippen LogP contribution is 2.38. The monoisotopic (exact) mass is 959 g/mol. The minimum atomic E-state index is -2.53. The molecule has 0 spiro atoms. The largest absolute Gasteiger partial charge is 0.411 e. The highest BCUT2D eigenvalue weighted by atomic mass is 28.4. The standard InChI is InChI=1S/C56H69NO11Si/c1-8-10-12-14-16-18-20-22-23-24-25-26-27-28-29-30-31-33-35-37-39-41-46(59)50(61)54(65)57-45(44-66-55-53(64)52(63)51(62)48(43-58)67-55)49(60)47(68-69(6,7)56(3,4)5)42-40-38-36-34-32-21-19-17-15-13-11-9-2/h45-53,55,58-64H,9,11,13,15,17,19,21,32,34,36,38,40,42-44H2,1-7H3,(H,57,65)/t45-,46+,47+,48?,49-,50+,51?,52?,53?,55?/m0/s1. The van der Waals surface area contributed by atoms with E-state index in [1.807, 2.05) is 13.1 Å². The second kappa shape index (κ2) is 36.4. The van der Waals surface area contributed by atoms with E-state index in [1.54, 1.807) is 6.92 Å². The Bertz CT molecular complexity index is 2330. The van der Waals surface area contributed by atoms with Gasteiger partial charge in [0.15, 0.2) is 26.8 Å². The van der Waals surface area contributed by atoms with Gasteiger partial charge in [0.25, 0.3) is 5.91 Å². The maximum absolute atomic E-state index is 13.5. The van der Waals surface area contributed by atoms with Crippen molar-refractivity contribution in [3.8, 4) is 130 Å². The molecule has 10 atom stereocenters. The minimum absolute atomic E-state index is 0.246. The number of unbranched alkanes of at least 4 members (excludes halogenated alkanes) is 11. The molecule has 0 aliphatic carbocycles. The third kappa shape index (κ3) is 26.7. The van der Waals surface area contributed by atoms with Crippen molar-refractivity contribution in [2.24, 2.45) is 0 Å². The second-order valence-corrected chi connectivity index (χ2v) is 22.3. The van der Waals surface area contributed by atoms with Crippen LogP contribution in [0.3, 0.4) is 0 Å². The average Bonchev–Trinajstić information content (AvgIpc) is 3.31. The molecule has 0 radical (unpaired) electrons. The Labute approximate surface area is 413 Å². The SMILES string of the molecule is CC#CC#CC#CC#CC#CC#CC#CC#CC#CC#CC#C[C@@H](O)[C@@H](O)C(=O)N[C@@H](COC1OC(CO)C(O)C(O)C1O)[C@H](O)[C@@H](CCCCCCCCCCCCCC)O[Si](C)(C)C(C)(C)C. The van der Waals surface area contributed by atoms with Crippen molar-refractivity contribution >= 4 is 14.2 Å². The molecule has 8 N–H and O–H groups in total. The van der Waals surface area contributed by atoms with Crippen molar-refractivity contribution < 1.29 is 54.4 Å². The number of amides is 1. The summed E-state index contributed by atoms with van der Waals surface area (Å²) in [6, 6.07) is -1.32. The van der Waals surface area contributed by atoms with E-state index in [-0.39, 0.29) is 5.04 Å². The van der Waals surface area contributed by atoms with E-state index in [2.05, 4.69) is 163 Å². The molecule has 1 fully saturated rings. The maximum atomic E-state index is 13.5. The van der Waals surface area contributed by atoms with E-state index in [4.69, 9.17) is 13.9 Å². The summed E-state index contributed by atoms with van der Waals surface area (Å²) in [5.74, 6) is 53.2. The van der Waals surface area contributed by atoms with Crippen molar-refractivity contribution in [1.82, 2.24) is 5.32 Å². The first-order chi connectivity index (χ1) is 33.0. The molecule has 0 aromatic carbocycles. The van der Waals surface area contributed by atoms with Crippen molar-refractivity contribution in [3.05, 3.63) is 0 Å². The van der Waals surface area contributed by atoms with E-state index < -0.39 is 88.6 Å². The summed E-state index contributed by atoms with van der Waals surface area (Å²) in [6.45, 7) is 12.9. The lowest BCUT2D eigenvalue weighted by Crippen LogP contribution is -2.61. The number of aliphatic hydroxyl groups is 7. The molecule has 368 valence electrons. The van der Waals surface area contributed by atoms with Crippen molar-refractivity contribution in [2.75, 3.05) is 13.2 Å². The molecule has 12 nitrogen and oxygen atoms in total. The van der Waals surface area contributed by atoms with Crippen LogP contribution in [-0.4, -0.2) is 124 Å². The molecule has 0 saturated carbocycles. The Morgan fingerprint density at radius 2 is 1.06 bits per heavy atom. The summed E-state index contributed by atoms with van der Waals surface area (Å²) in [5.41, 5.74) is 0. The van der Waals surface area contributed by atoms with Gasteiger partial charge in [0.05, 0.1) is 25.4 Å². The quantitative estimate of drug-likeness (QED) is 0.0403. The number of ether oxygens (including phenoxy) is 2. The number of carbonyl (C=O) groups excluding carboxylic acids is 1. The highest BCUT2D eigenvalue weighted by Gasteiger charge is 2.46. The van der Waals surface area contributed by atoms with Crippen LogP contribution in [0.2, 0.25) is 18.1 Å². The summed E-state index contributed by atoms with van der Waals surface area (Å²) in [5, 5.41) is 76.8. The van der Waals surface area contributed by atoms with Gasteiger partial charge < -0.3 is 55.0 Å². The van der Waals surface area contributed by atoms with Crippen LogP contribution in [0, 0.1) is 130 Å². The lowest BCUT2D eigenvalue weighted by atomic mass is 9.98. The summed E-state index contributed by atoms with van der Waals surface area (Å²) in [7, 11) is -2.53. The van der Waals surface area contributed by atoms with Gasteiger partial charge in [-0.2, -0.15) is 0 Å². The molecule has 1 aliphatic rings. The number of carbonyl (C=O) groups is 1. The number of aliphatic hydroxyl groups excluding tert-OH is 7. The number of hydrogen-bond acceptors (Lipinski definition) is 11. The fraction of sp³-hybridized carbons (Fsp3) is 0.589. The normalized spacial score (nSPS) is 18.7. The molecule has 1 saturated heterocycles. The maximum Gasteiger partial charge on any atom is 0.253 e. The Morgan fingerprint density at radius 1 is 0.638 bits per heavy atom. The zero-order chi connectivity index (χ0) is 51.3. The van der Waals surface area contributed by atoms with Crippen molar-refractivity contribution in [2.45, 2.75) is 197 Å². The molecule has 1 aliphatic heterocycles. The van der Waals surface area contributed by atoms with Crippen LogP contribution in [0.4, 0.5) is 0 Å². The predicted octanol–water partition coefficient (Wildman–Crippen LogP) is 2.91. The lowest BCUT2D eigenvalue weighted by Gasteiger charge is -2.43. The molecular weight excluding hydrogens is 891 g/mol. The first-order valence-electron chi connectivity index (χ1n) is 23.4. The van der Waals surface area contributed by atoms with Crippen LogP contribution in [0.1, 0.15) is 118 Å². The molecule has 0 aromatic rings. The van der Waals surface area contributed by atoms with Crippen LogP contribution in [0.5, 0.6) is 0 Å².